The van der Waals surface area contributed by atoms with Crippen LogP contribution in [0, 0.1) is 0 Å². The van der Waals surface area contributed by atoms with Crippen molar-refractivity contribution in [3.05, 3.63) is 12.7 Å². The fraction of sp³-hybridized carbons (Fsp3) is 0.833. The van der Waals surface area contributed by atoms with Crippen LogP contribution in [0.4, 0.5) is 0 Å². The predicted molar refractivity (Wildman–Crippen MR) is 63.9 cm³/mol. The summed E-state index contributed by atoms with van der Waals surface area (Å²) in [6.07, 6.45) is 6.13. The molecule has 15 heavy (non-hydrogen) atoms. The van der Waals surface area contributed by atoms with Crippen LogP contribution in [-0.4, -0.2) is 47.5 Å². The Bertz CT molecular complexity index is 151. The number of aliphatic hydroxyl groups excluding tert-OH is 2. The van der Waals surface area contributed by atoms with Crippen molar-refractivity contribution in [2.45, 2.75) is 38.6 Å². The van der Waals surface area contributed by atoms with Crippen molar-refractivity contribution < 1.29 is 10.2 Å². The first-order valence-electron chi connectivity index (χ1n) is 5.86. The summed E-state index contributed by atoms with van der Waals surface area (Å²) in [5, 5.41) is 18.2. The van der Waals surface area contributed by atoms with Crippen LogP contribution in [0.15, 0.2) is 12.7 Å². The lowest BCUT2D eigenvalue weighted by Crippen LogP contribution is -2.40. The van der Waals surface area contributed by atoms with Gasteiger partial charge in [-0.2, -0.15) is 0 Å². The van der Waals surface area contributed by atoms with Gasteiger partial charge < -0.3 is 10.2 Å². The van der Waals surface area contributed by atoms with Crippen LogP contribution in [0.2, 0.25) is 0 Å². The number of aliphatic hydroxyl groups is 2. The van der Waals surface area contributed by atoms with Gasteiger partial charge in [0, 0.05) is 12.6 Å². The van der Waals surface area contributed by atoms with Crippen LogP contribution in [0.1, 0.15) is 32.6 Å². The van der Waals surface area contributed by atoms with E-state index in [1.165, 1.54) is 12.8 Å². The van der Waals surface area contributed by atoms with Gasteiger partial charge in [0.05, 0.1) is 13.2 Å². The van der Waals surface area contributed by atoms with E-state index >= 15 is 0 Å². The molecule has 1 unspecified atom stereocenters. The van der Waals surface area contributed by atoms with E-state index in [1.54, 1.807) is 0 Å². The number of rotatable bonds is 10. The average molecular weight is 215 g/mol. The predicted octanol–water partition coefficient (Wildman–Crippen LogP) is 1.41. The maximum Gasteiger partial charge on any atom is 0.0589 e. The van der Waals surface area contributed by atoms with E-state index in [1.807, 2.05) is 6.08 Å². The second-order valence-corrected chi connectivity index (χ2v) is 3.83. The summed E-state index contributed by atoms with van der Waals surface area (Å²) in [6, 6.07) is 0.117. The van der Waals surface area contributed by atoms with Crippen molar-refractivity contribution in [2.24, 2.45) is 0 Å². The monoisotopic (exact) mass is 215 g/mol. The van der Waals surface area contributed by atoms with Crippen LogP contribution in [0.3, 0.4) is 0 Å². The lowest BCUT2D eigenvalue weighted by molar-refractivity contribution is 0.101. The molecular formula is C12H25NO2. The van der Waals surface area contributed by atoms with Crippen molar-refractivity contribution in [1.82, 2.24) is 4.90 Å². The molecule has 90 valence electrons. The topological polar surface area (TPSA) is 43.7 Å². The zero-order valence-corrected chi connectivity index (χ0v) is 9.86. The Kier molecular flexibility index (Phi) is 9.89. The van der Waals surface area contributed by atoms with Crippen LogP contribution in [-0.2, 0) is 0 Å². The molecule has 0 saturated carbocycles. The Morgan fingerprint density at radius 2 is 2.00 bits per heavy atom. The van der Waals surface area contributed by atoms with Gasteiger partial charge >= 0.3 is 0 Å². The van der Waals surface area contributed by atoms with Crippen molar-refractivity contribution in [3.8, 4) is 0 Å². The summed E-state index contributed by atoms with van der Waals surface area (Å²) in [5.41, 5.74) is 0. The van der Waals surface area contributed by atoms with Gasteiger partial charge in [-0.1, -0.05) is 25.8 Å². The van der Waals surface area contributed by atoms with Crippen LogP contribution < -0.4 is 0 Å². The largest absolute Gasteiger partial charge is 0.395 e. The number of hydrogen-bond acceptors (Lipinski definition) is 3. The first kappa shape index (κ1) is 14.6. The van der Waals surface area contributed by atoms with E-state index in [4.69, 9.17) is 5.11 Å². The normalized spacial score (nSPS) is 13.1. The van der Waals surface area contributed by atoms with Crippen molar-refractivity contribution in [3.63, 3.8) is 0 Å². The van der Waals surface area contributed by atoms with Crippen LogP contribution >= 0.6 is 0 Å². The van der Waals surface area contributed by atoms with Gasteiger partial charge in [0.2, 0.25) is 0 Å². The van der Waals surface area contributed by atoms with E-state index < -0.39 is 0 Å². The standard InChI is InChI=1S/C12H25NO2/c1-3-5-6-8-13(9-10-14)12(11-15)7-4-2/h4,12,14-15H,2-3,5-11H2,1H3. The van der Waals surface area contributed by atoms with Crippen LogP contribution in [0.25, 0.3) is 0 Å². The van der Waals surface area contributed by atoms with Gasteiger partial charge in [-0.15, -0.1) is 6.58 Å². The minimum absolute atomic E-state index is 0.117. The molecule has 0 aliphatic heterocycles. The van der Waals surface area contributed by atoms with Crippen molar-refractivity contribution in [2.75, 3.05) is 26.3 Å². The summed E-state index contributed by atoms with van der Waals surface area (Å²) in [7, 11) is 0. The third-order valence-corrected chi connectivity index (χ3v) is 2.60. The van der Waals surface area contributed by atoms with E-state index in [0.717, 1.165) is 19.4 Å². The van der Waals surface area contributed by atoms with E-state index in [-0.39, 0.29) is 19.3 Å². The van der Waals surface area contributed by atoms with Gasteiger partial charge in [-0.25, -0.2) is 0 Å². The highest BCUT2D eigenvalue weighted by molar-refractivity contribution is 4.80. The maximum atomic E-state index is 9.24. The van der Waals surface area contributed by atoms with Crippen LogP contribution in [0.5, 0.6) is 0 Å². The molecule has 0 aromatic rings. The lowest BCUT2D eigenvalue weighted by atomic mass is 10.1. The summed E-state index contributed by atoms with van der Waals surface area (Å²) in [5.74, 6) is 0. The highest BCUT2D eigenvalue weighted by Gasteiger charge is 2.14. The molecule has 3 heteroatoms. The Morgan fingerprint density at radius 1 is 1.27 bits per heavy atom. The molecule has 0 amide bonds. The van der Waals surface area contributed by atoms with Gasteiger partial charge in [0.15, 0.2) is 0 Å². The number of hydrogen-bond donors (Lipinski definition) is 2. The molecule has 0 fully saturated rings. The molecule has 0 rings (SSSR count). The molecule has 0 aliphatic rings. The lowest BCUT2D eigenvalue weighted by Gasteiger charge is -2.29. The zero-order chi connectivity index (χ0) is 11.5. The summed E-state index contributed by atoms with van der Waals surface area (Å²) in [6.45, 7) is 7.74. The molecular weight excluding hydrogens is 190 g/mol. The second kappa shape index (κ2) is 10.1. The Balaban J connectivity index is 4.01. The number of nitrogens with zero attached hydrogens (tertiary/aromatic N) is 1. The van der Waals surface area contributed by atoms with Gasteiger partial charge in [-0.3, -0.25) is 4.90 Å². The third-order valence-electron chi connectivity index (χ3n) is 2.60. The van der Waals surface area contributed by atoms with Gasteiger partial charge in [0.25, 0.3) is 0 Å². The Hall–Kier alpha value is -0.380. The Labute approximate surface area is 93.4 Å². The van der Waals surface area contributed by atoms with Gasteiger partial charge in [0.1, 0.15) is 0 Å². The Morgan fingerprint density at radius 3 is 2.47 bits per heavy atom. The highest BCUT2D eigenvalue weighted by Crippen LogP contribution is 2.07. The summed E-state index contributed by atoms with van der Waals surface area (Å²) < 4.78 is 0. The molecule has 2 N–H and O–H groups in total. The summed E-state index contributed by atoms with van der Waals surface area (Å²) in [4.78, 5) is 2.15. The van der Waals surface area contributed by atoms with E-state index in [0.29, 0.717) is 6.54 Å². The molecule has 0 aliphatic carbocycles. The molecule has 0 saturated heterocycles. The molecule has 1 atom stereocenters. The quantitative estimate of drug-likeness (QED) is 0.428. The summed E-state index contributed by atoms with van der Waals surface area (Å²) >= 11 is 0. The van der Waals surface area contributed by atoms with Crippen molar-refractivity contribution in [1.29, 1.82) is 0 Å². The molecule has 0 radical (unpaired) electrons. The van der Waals surface area contributed by atoms with Gasteiger partial charge in [-0.05, 0) is 19.4 Å². The molecule has 0 spiro atoms. The minimum Gasteiger partial charge on any atom is -0.395 e. The molecule has 0 aromatic heterocycles. The first-order valence-corrected chi connectivity index (χ1v) is 5.86. The van der Waals surface area contributed by atoms with Crippen molar-refractivity contribution >= 4 is 0 Å². The third kappa shape index (κ3) is 6.66. The molecule has 0 bridgehead atoms. The molecule has 3 nitrogen and oxygen atoms in total. The first-order chi connectivity index (χ1) is 7.29. The highest BCUT2D eigenvalue weighted by atomic mass is 16.3. The molecule has 0 aromatic carbocycles. The van der Waals surface area contributed by atoms with E-state index in [2.05, 4.69) is 18.4 Å². The fourth-order valence-corrected chi connectivity index (χ4v) is 1.70. The number of unbranched alkanes of at least 4 members (excludes halogenated alkanes) is 2. The van der Waals surface area contributed by atoms with E-state index in [9.17, 15) is 5.11 Å². The zero-order valence-electron chi connectivity index (χ0n) is 9.86. The smallest absolute Gasteiger partial charge is 0.0589 e. The molecule has 0 heterocycles. The second-order valence-electron chi connectivity index (χ2n) is 3.83. The minimum atomic E-state index is 0.117. The average Bonchev–Trinajstić information content (AvgIpc) is 2.25. The fourth-order valence-electron chi connectivity index (χ4n) is 1.70. The SMILES string of the molecule is C=CCC(CO)N(CCO)CCCCC. The maximum absolute atomic E-state index is 9.24.